The molecule has 0 N–H and O–H groups in total. The van der Waals surface area contributed by atoms with Crippen LogP contribution in [0.15, 0.2) is 45.2 Å². The highest BCUT2D eigenvalue weighted by Crippen LogP contribution is 2.27. The summed E-state index contributed by atoms with van der Waals surface area (Å²) < 4.78 is 26.2. The van der Waals surface area contributed by atoms with Crippen LogP contribution < -0.4 is 0 Å². The highest BCUT2D eigenvalue weighted by molar-refractivity contribution is 5.96. The van der Waals surface area contributed by atoms with Gasteiger partial charge < -0.3 is 23.0 Å². The second-order valence-corrected chi connectivity index (χ2v) is 5.38. The molecule has 136 valence electrons. The van der Waals surface area contributed by atoms with Crippen LogP contribution in [0.5, 0.6) is 0 Å². The van der Waals surface area contributed by atoms with Crippen molar-refractivity contribution in [3.05, 3.63) is 59.2 Å². The highest BCUT2D eigenvalue weighted by Gasteiger charge is 2.22. The maximum Gasteiger partial charge on any atom is 0.375 e. The van der Waals surface area contributed by atoms with Gasteiger partial charge in [0.05, 0.1) is 13.7 Å². The molecule has 3 rings (SSSR count). The molecule has 0 saturated heterocycles. The molecule has 0 atom stereocenters. The summed E-state index contributed by atoms with van der Waals surface area (Å²) in [7, 11) is 1.26. The molecule has 2 heterocycles. The van der Waals surface area contributed by atoms with E-state index in [1.54, 1.807) is 12.1 Å². The second-order valence-electron chi connectivity index (χ2n) is 5.38. The fourth-order valence-electron chi connectivity index (χ4n) is 2.48. The Bertz CT molecular complexity index is 919. The van der Waals surface area contributed by atoms with E-state index in [2.05, 4.69) is 4.74 Å². The van der Waals surface area contributed by atoms with Crippen LogP contribution in [0.1, 0.15) is 39.4 Å². The molecule has 26 heavy (non-hydrogen) atoms. The number of ether oxygens (including phenoxy) is 3. The molecule has 0 radical (unpaired) electrons. The van der Waals surface area contributed by atoms with Crippen LogP contribution >= 0.6 is 0 Å². The summed E-state index contributed by atoms with van der Waals surface area (Å²) in [4.78, 5) is 23.8. The van der Waals surface area contributed by atoms with Crippen molar-refractivity contribution in [2.45, 2.75) is 20.1 Å². The van der Waals surface area contributed by atoms with Crippen LogP contribution in [0.2, 0.25) is 0 Å². The number of carbonyl (C=O) groups excluding carboxylic acids is 2. The lowest BCUT2D eigenvalue weighted by Gasteiger charge is -2.04. The van der Waals surface area contributed by atoms with E-state index in [1.807, 2.05) is 25.1 Å². The summed E-state index contributed by atoms with van der Waals surface area (Å²) in [5, 5.41) is 0.805. The Morgan fingerprint density at radius 3 is 2.58 bits per heavy atom. The monoisotopic (exact) mass is 358 g/mol. The van der Waals surface area contributed by atoms with E-state index in [-0.39, 0.29) is 24.7 Å². The molecule has 7 heteroatoms. The fourth-order valence-corrected chi connectivity index (χ4v) is 2.48. The molecule has 2 aromatic heterocycles. The van der Waals surface area contributed by atoms with Crippen molar-refractivity contribution >= 4 is 22.9 Å². The SMILES string of the molecule is CCOCc1c(C(=O)OCc2ccc(C(=O)OC)o2)oc2ccccc12. The Kier molecular flexibility index (Phi) is 5.38. The summed E-state index contributed by atoms with van der Waals surface area (Å²) >= 11 is 0. The molecule has 0 unspecified atom stereocenters. The first-order valence-electron chi connectivity index (χ1n) is 8.06. The minimum Gasteiger partial charge on any atom is -0.463 e. The first kappa shape index (κ1) is 17.8. The van der Waals surface area contributed by atoms with Crippen molar-refractivity contribution in [1.82, 2.24) is 0 Å². The van der Waals surface area contributed by atoms with Crippen molar-refractivity contribution in [1.29, 1.82) is 0 Å². The highest BCUT2D eigenvalue weighted by atomic mass is 16.6. The van der Waals surface area contributed by atoms with Crippen LogP contribution in [-0.4, -0.2) is 25.7 Å². The van der Waals surface area contributed by atoms with E-state index in [4.69, 9.17) is 18.3 Å². The van der Waals surface area contributed by atoms with Gasteiger partial charge in [0.1, 0.15) is 18.0 Å². The van der Waals surface area contributed by atoms with Gasteiger partial charge in [-0.2, -0.15) is 0 Å². The summed E-state index contributed by atoms with van der Waals surface area (Å²) in [5.41, 5.74) is 1.22. The zero-order chi connectivity index (χ0) is 18.5. The van der Waals surface area contributed by atoms with Gasteiger partial charge in [-0.3, -0.25) is 0 Å². The molecule has 0 aliphatic rings. The molecule has 0 saturated carbocycles. The Balaban J connectivity index is 1.77. The molecule has 0 aliphatic carbocycles. The lowest BCUT2D eigenvalue weighted by molar-refractivity contribution is 0.0398. The number of rotatable bonds is 7. The van der Waals surface area contributed by atoms with Gasteiger partial charge in [-0.15, -0.1) is 0 Å². The number of para-hydroxylation sites is 1. The second kappa shape index (κ2) is 7.88. The molecular formula is C19H18O7. The van der Waals surface area contributed by atoms with Crippen molar-refractivity contribution in [3.63, 3.8) is 0 Å². The zero-order valence-electron chi connectivity index (χ0n) is 14.4. The predicted molar refractivity (Wildman–Crippen MR) is 90.7 cm³/mol. The largest absolute Gasteiger partial charge is 0.463 e. The van der Waals surface area contributed by atoms with E-state index < -0.39 is 11.9 Å². The first-order chi connectivity index (χ1) is 12.6. The van der Waals surface area contributed by atoms with E-state index in [0.29, 0.717) is 23.5 Å². The minimum absolute atomic E-state index is 0.0410. The fraction of sp³-hybridized carbons (Fsp3) is 0.263. The molecular weight excluding hydrogens is 340 g/mol. The number of fused-ring (bicyclic) bond motifs is 1. The van der Waals surface area contributed by atoms with Crippen molar-refractivity contribution in [3.8, 4) is 0 Å². The van der Waals surface area contributed by atoms with Gasteiger partial charge in [-0.1, -0.05) is 18.2 Å². The Hall–Kier alpha value is -3.06. The Labute approximate surface area is 149 Å². The van der Waals surface area contributed by atoms with Crippen molar-refractivity contribution in [2.24, 2.45) is 0 Å². The molecule has 0 fully saturated rings. The van der Waals surface area contributed by atoms with E-state index in [0.717, 1.165) is 5.39 Å². The molecule has 0 aliphatic heterocycles. The van der Waals surface area contributed by atoms with Crippen LogP contribution in [0.4, 0.5) is 0 Å². The Morgan fingerprint density at radius 2 is 1.81 bits per heavy atom. The number of furan rings is 2. The third kappa shape index (κ3) is 3.62. The van der Waals surface area contributed by atoms with Crippen LogP contribution in [0, 0.1) is 0 Å². The van der Waals surface area contributed by atoms with Gasteiger partial charge in [-0.05, 0) is 25.1 Å². The first-order valence-corrected chi connectivity index (χ1v) is 8.06. The molecule has 1 aromatic carbocycles. The van der Waals surface area contributed by atoms with E-state index >= 15 is 0 Å². The molecule has 7 nitrogen and oxygen atoms in total. The number of hydrogen-bond donors (Lipinski definition) is 0. The summed E-state index contributed by atoms with van der Waals surface area (Å²) in [6.07, 6.45) is 0. The molecule has 3 aromatic rings. The summed E-state index contributed by atoms with van der Waals surface area (Å²) in [6.45, 7) is 2.49. The van der Waals surface area contributed by atoms with Gasteiger partial charge in [0.2, 0.25) is 11.5 Å². The predicted octanol–water partition coefficient (Wildman–Crippen LogP) is 3.71. The maximum absolute atomic E-state index is 12.5. The van der Waals surface area contributed by atoms with Crippen LogP contribution in [0.25, 0.3) is 11.0 Å². The van der Waals surface area contributed by atoms with Crippen LogP contribution in [-0.2, 0) is 27.4 Å². The van der Waals surface area contributed by atoms with Gasteiger partial charge in [0.25, 0.3) is 0 Å². The number of methoxy groups -OCH3 is 1. The molecule has 0 bridgehead atoms. The van der Waals surface area contributed by atoms with Gasteiger partial charge in [0, 0.05) is 17.6 Å². The van der Waals surface area contributed by atoms with Gasteiger partial charge in [-0.25, -0.2) is 9.59 Å². The van der Waals surface area contributed by atoms with E-state index in [9.17, 15) is 9.59 Å². The van der Waals surface area contributed by atoms with E-state index in [1.165, 1.54) is 13.2 Å². The zero-order valence-corrected chi connectivity index (χ0v) is 14.4. The Morgan fingerprint density at radius 1 is 1.00 bits per heavy atom. The lowest BCUT2D eigenvalue weighted by atomic mass is 10.1. The summed E-state index contributed by atoms with van der Waals surface area (Å²) in [6, 6.07) is 10.3. The van der Waals surface area contributed by atoms with Gasteiger partial charge in [0.15, 0.2) is 0 Å². The van der Waals surface area contributed by atoms with Gasteiger partial charge >= 0.3 is 11.9 Å². The standard InChI is InChI=1S/C19H18O7/c1-3-23-11-14-13-6-4-5-7-15(13)26-17(14)19(21)24-10-12-8-9-16(25-12)18(20)22-2/h4-9H,3,10-11H2,1-2H3. The quantitative estimate of drug-likeness (QED) is 0.595. The minimum atomic E-state index is -0.632. The number of carbonyl (C=O) groups is 2. The third-order valence-corrected chi connectivity index (χ3v) is 3.73. The average Bonchev–Trinajstić information content (AvgIpc) is 3.28. The maximum atomic E-state index is 12.5. The summed E-state index contributed by atoms with van der Waals surface area (Å²) in [5.74, 6) is -0.772. The topological polar surface area (TPSA) is 88.1 Å². The van der Waals surface area contributed by atoms with Crippen LogP contribution in [0.3, 0.4) is 0 Å². The lowest BCUT2D eigenvalue weighted by Crippen LogP contribution is -2.07. The molecule has 0 amide bonds. The normalized spacial score (nSPS) is 10.8. The number of esters is 2. The third-order valence-electron chi connectivity index (χ3n) is 3.73. The smallest absolute Gasteiger partial charge is 0.375 e. The molecule has 0 spiro atoms. The van der Waals surface area contributed by atoms with Crippen molar-refractivity contribution in [2.75, 3.05) is 13.7 Å². The number of hydrogen-bond acceptors (Lipinski definition) is 7. The number of benzene rings is 1. The average molecular weight is 358 g/mol. The van der Waals surface area contributed by atoms with Crippen molar-refractivity contribution < 1.29 is 32.6 Å².